The first-order valence-corrected chi connectivity index (χ1v) is 11.0. The van der Waals surface area contributed by atoms with E-state index in [1.165, 1.54) is 19.3 Å². The first kappa shape index (κ1) is 20.8. The van der Waals surface area contributed by atoms with Crippen LogP contribution in [-0.4, -0.2) is 50.7 Å². The largest absolute Gasteiger partial charge is 0.335 e. The van der Waals surface area contributed by atoms with E-state index in [0.29, 0.717) is 18.0 Å². The highest BCUT2D eigenvalue weighted by Crippen LogP contribution is 2.35. The lowest BCUT2D eigenvalue weighted by Gasteiger charge is -2.39. The highest BCUT2D eigenvalue weighted by Gasteiger charge is 2.38. The molecule has 27 heavy (non-hydrogen) atoms. The van der Waals surface area contributed by atoms with Crippen molar-refractivity contribution in [1.82, 2.24) is 31.9 Å². The Kier molecular flexibility index (Phi) is 7.75. The third-order valence-corrected chi connectivity index (χ3v) is 6.63. The molecule has 0 aromatic carbocycles. The van der Waals surface area contributed by atoms with Gasteiger partial charge in [-0.2, -0.15) is 0 Å². The van der Waals surface area contributed by atoms with E-state index < -0.39 is 0 Å². The van der Waals surface area contributed by atoms with Gasteiger partial charge in [-0.15, -0.1) is 0 Å². The lowest BCUT2D eigenvalue weighted by Crippen LogP contribution is -2.69. The van der Waals surface area contributed by atoms with Gasteiger partial charge in [0.15, 0.2) is 0 Å². The standard InChI is InChI=1S/C20H40N6O/c1-13-5-8-16(11-14(13)2)23-20(27)26-19-24-17(15-6-7-15)12-18(25-19)22-10-4-9-21-3/h13-19,21-22,24-25H,4-12H2,1-3H3,(H2,23,26,27). The Morgan fingerprint density at radius 2 is 1.78 bits per heavy atom. The number of rotatable bonds is 8. The zero-order valence-electron chi connectivity index (χ0n) is 17.3. The monoisotopic (exact) mass is 380 g/mol. The summed E-state index contributed by atoms with van der Waals surface area (Å²) in [6.45, 7) is 6.61. The van der Waals surface area contributed by atoms with E-state index in [1.807, 2.05) is 7.05 Å². The van der Waals surface area contributed by atoms with Crippen molar-refractivity contribution in [3.63, 3.8) is 0 Å². The SMILES string of the molecule is CNCCCNC1CC(C2CC2)NC(NC(=O)NC2CCC(C)C(C)C2)N1. The highest BCUT2D eigenvalue weighted by atomic mass is 16.2. The zero-order valence-corrected chi connectivity index (χ0v) is 17.3. The van der Waals surface area contributed by atoms with Crippen LogP contribution in [0.25, 0.3) is 0 Å². The Balaban J connectivity index is 1.44. The third-order valence-electron chi connectivity index (χ3n) is 6.63. The maximum Gasteiger partial charge on any atom is 0.317 e. The molecule has 3 aliphatic rings. The second-order valence-electron chi connectivity index (χ2n) is 8.99. The molecule has 6 N–H and O–H groups in total. The van der Waals surface area contributed by atoms with Crippen LogP contribution < -0.4 is 31.9 Å². The lowest BCUT2D eigenvalue weighted by molar-refractivity contribution is 0.167. The van der Waals surface area contributed by atoms with Crippen LogP contribution in [0.2, 0.25) is 0 Å². The Morgan fingerprint density at radius 1 is 0.963 bits per heavy atom. The van der Waals surface area contributed by atoms with Gasteiger partial charge in [-0.05, 0) is 82.8 Å². The van der Waals surface area contributed by atoms with E-state index >= 15 is 0 Å². The number of urea groups is 1. The molecule has 6 atom stereocenters. The molecule has 7 heteroatoms. The molecule has 1 aliphatic heterocycles. The van der Waals surface area contributed by atoms with Crippen molar-refractivity contribution in [1.29, 1.82) is 0 Å². The summed E-state index contributed by atoms with van der Waals surface area (Å²) in [4.78, 5) is 12.5. The van der Waals surface area contributed by atoms with Crippen LogP contribution in [0.5, 0.6) is 0 Å². The topological polar surface area (TPSA) is 89.2 Å². The number of carbonyl (C=O) groups is 1. The molecule has 2 saturated carbocycles. The molecule has 0 bridgehead atoms. The van der Waals surface area contributed by atoms with Gasteiger partial charge in [0.2, 0.25) is 0 Å². The molecule has 0 radical (unpaired) electrons. The average molecular weight is 381 g/mol. The summed E-state index contributed by atoms with van der Waals surface area (Å²) in [5.74, 6) is 2.21. The van der Waals surface area contributed by atoms with Crippen LogP contribution in [0.4, 0.5) is 4.79 Å². The van der Waals surface area contributed by atoms with Gasteiger partial charge in [0.1, 0.15) is 6.29 Å². The van der Waals surface area contributed by atoms with Gasteiger partial charge in [0.25, 0.3) is 0 Å². The average Bonchev–Trinajstić information content (AvgIpc) is 3.47. The quantitative estimate of drug-likeness (QED) is 0.357. The van der Waals surface area contributed by atoms with E-state index in [2.05, 4.69) is 45.7 Å². The van der Waals surface area contributed by atoms with Crippen molar-refractivity contribution >= 4 is 6.03 Å². The summed E-state index contributed by atoms with van der Waals surface area (Å²) in [6, 6.07) is 0.723. The van der Waals surface area contributed by atoms with E-state index in [4.69, 9.17) is 0 Å². The summed E-state index contributed by atoms with van der Waals surface area (Å²) >= 11 is 0. The highest BCUT2D eigenvalue weighted by molar-refractivity contribution is 5.74. The molecule has 0 aromatic rings. The first-order chi connectivity index (χ1) is 13.0. The van der Waals surface area contributed by atoms with Crippen molar-refractivity contribution in [2.75, 3.05) is 20.1 Å². The van der Waals surface area contributed by atoms with Crippen molar-refractivity contribution in [3.05, 3.63) is 0 Å². The van der Waals surface area contributed by atoms with Gasteiger partial charge < -0.3 is 21.3 Å². The number of hydrogen-bond donors (Lipinski definition) is 6. The maximum atomic E-state index is 12.5. The fourth-order valence-electron chi connectivity index (χ4n) is 4.48. The summed E-state index contributed by atoms with van der Waals surface area (Å²) in [5, 5.41) is 20.2. The van der Waals surface area contributed by atoms with Gasteiger partial charge in [-0.1, -0.05) is 13.8 Å². The normalized spacial score (nSPS) is 37.0. The smallest absolute Gasteiger partial charge is 0.317 e. The van der Waals surface area contributed by atoms with Gasteiger partial charge in [0, 0.05) is 12.1 Å². The number of hydrogen-bond acceptors (Lipinski definition) is 5. The van der Waals surface area contributed by atoms with Crippen LogP contribution in [-0.2, 0) is 0 Å². The van der Waals surface area contributed by atoms with Crippen LogP contribution >= 0.6 is 0 Å². The molecule has 2 amide bonds. The molecule has 3 rings (SSSR count). The van der Waals surface area contributed by atoms with E-state index in [0.717, 1.165) is 50.6 Å². The molecule has 6 unspecified atom stereocenters. The minimum absolute atomic E-state index is 0.0582. The molecule has 156 valence electrons. The van der Waals surface area contributed by atoms with Crippen LogP contribution in [0.3, 0.4) is 0 Å². The lowest BCUT2D eigenvalue weighted by atomic mass is 9.79. The zero-order chi connectivity index (χ0) is 19.2. The Hall–Kier alpha value is -0.890. The fraction of sp³-hybridized carbons (Fsp3) is 0.950. The molecule has 1 heterocycles. The van der Waals surface area contributed by atoms with E-state index in [-0.39, 0.29) is 18.5 Å². The summed E-state index contributed by atoms with van der Waals surface area (Å²) in [5.41, 5.74) is 0. The van der Waals surface area contributed by atoms with Gasteiger partial charge in [0.05, 0.1) is 6.17 Å². The third kappa shape index (κ3) is 6.59. The van der Waals surface area contributed by atoms with Gasteiger partial charge >= 0.3 is 6.03 Å². The van der Waals surface area contributed by atoms with E-state index in [1.54, 1.807) is 0 Å². The van der Waals surface area contributed by atoms with Crippen molar-refractivity contribution in [3.8, 4) is 0 Å². The van der Waals surface area contributed by atoms with Crippen molar-refractivity contribution in [2.45, 2.75) is 83.3 Å². The molecular formula is C20H40N6O. The number of nitrogens with one attached hydrogen (secondary N) is 6. The number of amides is 2. The van der Waals surface area contributed by atoms with Gasteiger partial charge in [-0.3, -0.25) is 10.6 Å². The predicted octanol–water partition coefficient (Wildman–Crippen LogP) is 1.28. The van der Waals surface area contributed by atoms with Crippen LogP contribution in [0.15, 0.2) is 0 Å². The van der Waals surface area contributed by atoms with Crippen molar-refractivity contribution < 1.29 is 4.79 Å². The Bertz CT molecular complexity index is 471. The minimum Gasteiger partial charge on any atom is -0.335 e. The maximum absolute atomic E-state index is 12.5. The second kappa shape index (κ2) is 10.0. The summed E-state index contributed by atoms with van der Waals surface area (Å²) < 4.78 is 0. The summed E-state index contributed by atoms with van der Waals surface area (Å²) in [7, 11) is 1.98. The number of carbonyl (C=O) groups excluding carboxylic acids is 1. The molecule has 7 nitrogen and oxygen atoms in total. The first-order valence-electron chi connectivity index (χ1n) is 11.0. The molecule has 0 aromatic heterocycles. The molecule has 2 aliphatic carbocycles. The fourth-order valence-corrected chi connectivity index (χ4v) is 4.48. The van der Waals surface area contributed by atoms with Gasteiger partial charge in [-0.25, -0.2) is 4.79 Å². The van der Waals surface area contributed by atoms with Crippen LogP contribution in [0, 0.1) is 17.8 Å². The Morgan fingerprint density at radius 3 is 2.48 bits per heavy atom. The predicted molar refractivity (Wildman–Crippen MR) is 109 cm³/mol. The van der Waals surface area contributed by atoms with Crippen LogP contribution in [0.1, 0.15) is 58.8 Å². The second-order valence-corrected chi connectivity index (χ2v) is 8.99. The minimum atomic E-state index is -0.175. The summed E-state index contributed by atoms with van der Waals surface area (Å²) in [6.07, 6.45) is 8.23. The Labute approximate surface area is 164 Å². The molecule has 1 saturated heterocycles. The van der Waals surface area contributed by atoms with Crippen molar-refractivity contribution in [2.24, 2.45) is 17.8 Å². The molecule has 3 fully saturated rings. The molecule has 0 spiro atoms. The van der Waals surface area contributed by atoms with E-state index in [9.17, 15) is 4.79 Å². The molecular weight excluding hydrogens is 340 g/mol.